The summed E-state index contributed by atoms with van der Waals surface area (Å²) in [6.45, 7) is 3.45. The van der Waals surface area contributed by atoms with E-state index < -0.39 is 31.3 Å². The fourth-order valence-electron chi connectivity index (χ4n) is 1.58. The minimum absolute atomic E-state index is 0.0458. The van der Waals surface area contributed by atoms with Crippen molar-refractivity contribution >= 4 is 6.03 Å². The van der Waals surface area contributed by atoms with Crippen LogP contribution in [0.1, 0.15) is 33.1 Å². The first-order chi connectivity index (χ1) is 8.30. The number of carbonyl (C=O) groups excluding carboxylic acids is 1. The molecule has 1 atom stereocenters. The molecule has 0 radical (unpaired) electrons. The van der Waals surface area contributed by atoms with Crippen LogP contribution in [-0.4, -0.2) is 36.5 Å². The molecule has 1 unspecified atom stereocenters. The van der Waals surface area contributed by atoms with Crippen LogP contribution in [0.25, 0.3) is 0 Å². The fourth-order valence-corrected chi connectivity index (χ4v) is 1.58. The highest BCUT2D eigenvalue weighted by Gasteiger charge is 2.26. The molecule has 0 heterocycles. The van der Waals surface area contributed by atoms with Crippen LogP contribution < -0.4 is 10.6 Å². The van der Waals surface area contributed by atoms with Crippen molar-refractivity contribution in [3.05, 3.63) is 0 Å². The summed E-state index contributed by atoms with van der Waals surface area (Å²) in [4.78, 5) is 11.1. The summed E-state index contributed by atoms with van der Waals surface area (Å²) < 4.78 is 35.4. The quantitative estimate of drug-likeness (QED) is 0.663. The summed E-state index contributed by atoms with van der Waals surface area (Å²) in [6.07, 6.45) is -4.43. The lowest BCUT2D eigenvalue weighted by Gasteiger charge is -2.20. The molecule has 4 nitrogen and oxygen atoms in total. The number of amides is 2. The van der Waals surface area contributed by atoms with Gasteiger partial charge in [-0.1, -0.05) is 26.7 Å². The first-order valence-electron chi connectivity index (χ1n) is 6.06. The van der Waals surface area contributed by atoms with Gasteiger partial charge in [-0.3, -0.25) is 0 Å². The molecule has 108 valence electrons. The van der Waals surface area contributed by atoms with Crippen molar-refractivity contribution in [1.29, 1.82) is 0 Å². The minimum atomic E-state index is -4.28. The molecule has 0 bridgehead atoms. The molecule has 0 saturated carbocycles. The van der Waals surface area contributed by atoms with Crippen LogP contribution in [0.15, 0.2) is 0 Å². The van der Waals surface area contributed by atoms with Crippen LogP contribution in [-0.2, 0) is 0 Å². The van der Waals surface area contributed by atoms with Gasteiger partial charge in [0.1, 0.15) is 0 Å². The normalized spacial score (nSPS) is 13.5. The lowest BCUT2D eigenvalue weighted by Crippen LogP contribution is -2.42. The second-order valence-electron chi connectivity index (χ2n) is 4.15. The molecule has 0 aromatic heterocycles. The van der Waals surface area contributed by atoms with Crippen molar-refractivity contribution in [1.82, 2.24) is 10.6 Å². The van der Waals surface area contributed by atoms with Gasteiger partial charge in [-0.25, -0.2) is 4.79 Å². The summed E-state index contributed by atoms with van der Waals surface area (Å²) in [5, 5.41) is 14.1. The molecule has 7 heteroatoms. The van der Waals surface area contributed by atoms with Crippen molar-refractivity contribution in [2.24, 2.45) is 5.92 Å². The molecule has 0 rings (SSSR count). The van der Waals surface area contributed by atoms with Gasteiger partial charge in [0.15, 0.2) is 0 Å². The first kappa shape index (κ1) is 17.0. The van der Waals surface area contributed by atoms with Gasteiger partial charge in [0.05, 0.1) is 12.5 Å². The molecule has 0 aromatic rings. The van der Waals surface area contributed by atoms with E-state index in [1.165, 1.54) is 0 Å². The third-order valence-corrected chi connectivity index (χ3v) is 2.76. The summed E-state index contributed by atoms with van der Waals surface area (Å²) in [7, 11) is 0. The molecular weight excluding hydrogens is 249 g/mol. The van der Waals surface area contributed by atoms with Gasteiger partial charge in [-0.05, 0) is 5.92 Å². The highest BCUT2D eigenvalue weighted by atomic mass is 19.4. The second kappa shape index (κ2) is 8.18. The summed E-state index contributed by atoms with van der Waals surface area (Å²) in [6, 6.07) is -0.691. The highest BCUT2D eigenvalue weighted by molar-refractivity contribution is 5.73. The summed E-state index contributed by atoms with van der Waals surface area (Å²) in [5.41, 5.74) is 0. The number of alkyl halides is 3. The molecule has 3 N–H and O–H groups in total. The van der Waals surface area contributed by atoms with E-state index >= 15 is 0 Å². The number of nitrogens with one attached hydrogen (secondary N) is 2. The van der Waals surface area contributed by atoms with E-state index in [0.717, 1.165) is 12.8 Å². The van der Waals surface area contributed by atoms with Gasteiger partial charge in [-0.2, -0.15) is 13.2 Å². The molecule has 2 amide bonds. The minimum Gasteiger partial charge on any atom is -0.391 e. The predicted molar refractivity (Wildman–Crippen MR) is 62.2 cm³/mol. The van der Waals surface area contributed by atoms with Crippen molar-refractivity contribution in [2.75, 3.05) is 13.1 Å². The van der Waals surface area contributed by atoms with Crippen molar-refractivity contribution in [2.45, 2.75) is 45.4 Å². The monoisotopic (exact) mass is 270 g/mol. The Morgan fingerprint density at radius 2 is 1.78 bits per heavy atom. The van der Waals surface area contributed by atoms with Crippen LogP contribution in [0, 0.1) is 5.92 Å². The third-order valence-electron chi connectivity index (χ3n) is 2.76. The molecule has 0 aliphatic carbocycles. The largest absolute Gasteiger partial charge is 0.391 e. The van der Waals surface area contributed by atoms with Crippen molar-refractivity contribution in [3.63, 3.8) is 0 Å². The van der Waals surface area contributed by atoms with Gasteiger partial charge in [-0.15, -0.1) is 0 Å². The van der Waals surface area contributed by atoms with E-state index in [0.29, 0.717) is 0 Å². The van der Waals surface area contributed by atoms with Crippen LogP contribution in [0.3, 0.4) is 0 Å². The smallest absolute Gasteiger partial charge is 0.390 e. The second-order valence-corrected chi connectivity index (χ2v) is 4.15. The Balaban J connectivity index is 3.76. The number of hydrogen-bond donors (Lipinski definition) is 3. The maximum absolute atomic E-state index is 11.8. The number of hydrogen-bond acceptors (Lipinski definition) is 2. The standard InChI is InChI=1S/C11H21F3N2O2/c1-3-8(4-2)9(17)7-16-10(18)15-6-5-11(12,13)14/h8-9,17H,3-7H2,1-2H3,(H2,15,16,18). The number of urea groups is 1. The lowest BCUT2D eigenvalue weighted by atomic mass is 9.97. The van der Waals surface area contributed by atoms with Gasteiger partial charge in [0, 0.05) is 13.1 Å². The molecule has 0 saturated heterocycles. The van der Waals surface area contributed by atoms with Gasteiger partial charge in [0.2, 0.25) is 0 Å². The predicted octanol–water partition coefficient (Wildman–Crippen LogP) is 2.04. The molecule has 0 spiro atoms. The number of rotatable bonds is 7. The van der Waals surface area contributed by atoms with E-state index in [-0.39, 0.29) is 12.5 Å². The molecule has 18 heavy (non-hydrogen) atoms. The van der Waals surface area contributed by atoms with E-state index in [9.17, 15) is 23.1 Å². The number of aliphatic hydroxyl groups is 1. The van der Waals surface area contributed by atoms with Crippen LogP contribution >= 0.6 is 0 Å². The van der Waals surface area contributed by atoms with Crippen LogP contribution in [0.5, 0.6) is 0 Å². The zero-order valence-electron chi connectivity index (χ0n) is 10.7. The SMILES string of the molecule is CCC(CC)C(O)CNC(=O)NCCC(F)(F)F. The van der Waals surface area contributed by atoms with E-state index in [1.54, 1.807) is 0 Å². The van der Waals surface area contributed by atoms with Gasteiger partial charge in [0.25, 0.3) is 0 Å². The maximum atomic E-state index is 11.8. The Labute approximate surface area is 105 Å². The van der Waals surface area contributed by atoms with Crippen molar-refractivity contribution in [3.8, 4) is 0 Å². The molecule has 0 aliphatic heterocycles. The average molecular weight is 270 g/mol. The summed E-state index contributed by atoms with van der Waals surface area (Å²) >= 11 is 0. The summed E-state index contributed by atoms with van der Waals surface area (Å²) in [5.74, 6) is 0.0838. The third kappa shape index (κ3) is 8.16. The Bertz CT molecular complexity index is 243. The van der Waals surface area contributed by atoms with E-state index in [4.69, 9.17) is 0 Å². The Hall–Kier alpha value is -0.980. The maximum Gasteiger partial charge on any atom is 0.390 e. The first-order valence-corrected chi connectivity index (χ1v) is 6.06. The zero-order chi connectivity index (χ0) is 14.2. The van der Waals surface area contributed by atoms with Gasteiger partial charge >= 0.3 is 12.2 Å². The van der Waals surface area contributed by atoms with Crippen LogP contribution in [0.2, 0.25) is 0 Å². The van der Waals surface area contributed by atoms with Crippen LogP contribution in [0.4, 0.5) is 18.0 Å². The van der Waals surface area contributed by atoms with E-state index in [2.05, 4.69) is 10.6 Å². The number of aliphatic hydroxyl groups excluding tert-OH is 1. The van der Waals surface area contributed by atoms with Gasteiger partial charge < -0.3 is 15.7 Å². The Kier molecular flexibility index (Phi) is 7.73. The number of halogens is 3. The fraction of sp³-hybridized carbons (Fsp3) is 0.909. The molecule has 0 fully saturated rings. The average Bonchev–Trinajstić information content (AvgIpc) is 2.26. The molecule has 0 aliphatic rings. The zero-order valence-corrected chi connectivity index (χ0v) is 10.7. The van der Waals surface area contributed by atoms with E-state index in [1.807, 2.05) is 13.8 Å². The Morgan fingerprint density at radius 1 is 1.22 bits per heavy atom. The number of carbonyl (C=O) groups is 1. The lowest BCUT2D eigenvalue weighted by molar-refractivity contribution is -0.132. The topological polar surface area (TPSA) is 61.4 Å². The van der Waals surface area contributed by atoms with Crippen molar-refractivity contribution < 1.29 is 23.1 Å². The Morgan fingerprint density at radius 3 is 2.22 bits per heavy atom. The molecular formula is C11H21F3N2O2. The molecule has 0 aromatic carbocycles. The highest BCUT2D eigenvalue weighted by Crippen LogP contribution is 2.18.